The summed E-state index contributed by atoms with van der Waals surface area (Å²) in [5.74, 6) is 0.245. The first-order chi connectivity index (χ1) is 25.7. The van der Waals surface area contributed by atoms with Gasteiger partial charge < -0.3 is 5.73 Å². The lowest BCUT2D eigenvalue weighted by Crippen LogP contribution is -2.33. The summed E-state index contributed by atoms with van der Waals surface area (Å²) in [6.07, 6.45) is 16.7. The van der Waals surface area contributed by atoms with E-state index in [1.807, 2.05) is 17.0 Å². The van der Waals surface area contributed by atoms with Crippen molar-refractivity contribution in [2.45, 2.75) is 25.7 Å². The number of guanidine groups is 1. The highest BCUT2D eigenvalue weighted by Gasteiger charge is 2.26. The van der Waals surface area contributed by atoms with Gasteiger partial charge in [-0.15, -0.1) is 0 Å². The monoisotopic (exact) mass is 670 g/mol. The molecule has 0 unspecified atom stereocenters. The molecule has 0 fully saturated rings. The molecule has 0 aliphatic heterocycles. The Bertz CT molecular complexity index is 2640. The van der Waals surface area contributed by atoms with E-state index in [0.29, 0.717) is 0 Å². The van der Waals surface area contributed by atoms with Gasteiger partial charge in [0, 0.05) is 11.1 Å². The second kappa shape index (κ2) is 13.3. The molecule has 0 atom stereocenters. The maximum absolute atomic E-state index is 7.83. The number of aliphatic imine (C=N–C) groups is 1. The van der Waals surface area contributed by atoms with Gasteiger partial charge in [-0.25, -0.2) is 4.99 Å². The van der Waals surface area contributed by atoms with E-state index in [1.165, 1.54) is 66.1 Å². The maximum atomic E-state index is 7.83. The smallest absolute Gasteiger partial charge is 0.206 e. The number of nitrogens with one attached hydrogen (secondary N) is 1. The molecular formula is C48H38N4. The largest absolute Gasteiger partial charge is 0.369 e. The molecule has 0 saturated heterocycles. The maximum Gasteiger partial charge on any atom is 0.206 e. The number of fused-ring (bicyclic) bond motifs is 7. The lowest BCUT2D eigenvalue weighted by Gasteiger charge is -2.28. The number of nitrogens with zero attached hydrogens (tertiary/aromatic N) is 2. The zero-order valence-corrected chi connectivity index (χ0v) is 28.9. The van der Waals surface area contributed by atoms with E-state index in [4.69, 9.17) is 11.1 Å². The fourth-order valence-corrected chi connectivity index (χ4v) is 8.26. The average Bonchev–Trinajstić information content (AvgIpc) is 3.21. The first-order valence-corrected chi connectivity index (χ1v) is 18.0. The van der Waals surface area contributed by atoms with Crippen molar-refractivity contribution in [2.75, 3.05) is 4.90 Å². The summed E-state index contributed by atoms with van der Waals surface area (Å²) in [6, 6.07) is 45.5. The van der Waals surface area contributed by atoms with Gasteiger partial charge in [0.2, 0.25) is 5.96 Å². The van der Waals surface area contributed by atoms with Crippen molar-refractivity contribution in [2.24, 2.45) is 10.7 Å². The molecular weight excluding hydrogens is 633 g/mol. The van der Waals surface area contributed by atoms with Crippen molar-refractivity contribution in [3.63, 3.8) is 0 Å². The highest BCUT2D eigenvalue weighted by Crippen LogP contribution is 2.49. The van der Waals surface area contributed by atoms with Crippen molar-refractivity contribution in [3.05, 3.63) is 168 Å². The number of nitrogens with two attached hydrogens (primary N) is 1. The number of allylic oxidation sites excluding steroid dienone is 5. The molecule has 4 heteroatoms. The van der Waals surface area contributed by atoms with Crippen LogP contribution in [0.2, 0.25) is 0 Å². The molecule has 0 saturated carbocycles. The van der Waals surface area contributed by atoms with E-state index >= 15 is 0 Å². The van der Waals surface area contributed by atoms with Gasteiger partial charge in [-0.3, -0.25) is 10.3 Å². The van der Waals surface area contributed by atoms with Gasteiger partial charge in [0.15, 0.2) is 0 Å². The highest BCUT2D eigenvalue weighted by molar-refractivity contribution is 6.25. The molecule has 0 spiro atoms. The van der Waals surface area contributed by atoms with Gasteiger partial charge in [-0.1, -0.05) is 134 Å². The quantitative estimate of drug-likeness (QED) is 0.105. The van der Waals surface area contributed by atoms with Crippen LogP contribution in [0.4, 0.5) is 11.4 Å². The third-order valence-electron chi connectivity index (χ3n) is 10.5. The first-order valence-electron chi connectivity index (χ1n) is 18.0. The van der Waals surface area contributed by atoms with Crippen molar-refractivity contribution >= 4 is 67.6 Å². The Labute approximate surface area is 304 Å². The van der Waals surface area contributed by atoms with E-state index in [-0.39, 0.29) is 5.96 Å². The molecule has 3 N–H and O–H groups in total. The molecule has 7 aromatic rings. The number of benzene rings is 7. The molecule has 0 amide bonds. The molecule has 0 heterocycles. The molecule has 250 valence electrons. The van der Waals surface area contributed by atoms with Crippen LogP contribution in [-0.2, 0) is 6.42 Å². The molecule has 0 radical (unpaired) electrons. The van der Waals surface area contributed by atoms with Crippen molar-refractivity contribution in [1.82, 2.24) is 0 Å². The van der Waals surface area contributed by atoms with Crippen LogP contribution in [0, 0.1) is 5.41 Å². The Morgan fingerprint density at radius 1 is 0.654 bits per heavy atom. The lowest BCUT2D eigenvalue weighted by atomic mass is 9.78. The second-order valence-electron chi connectivity index (χ2n) is 13.5. The molecule has 0 aromatic heterocycles. The van der Waals surface area contributed by atoms with Gasteiger partial charge in [0.25, 0.3) is 0 Å². The van der Waals surface area contributed by atoms with Crippen molar-refractivity contribution in [3.8, 4) is 22.3 Å². The SMILES string of the molecule is N=CN=C(N)N(c1ccc2c(c1)c1c(c3c(-c4ccccc4)cc(C4=CCCC=C4)c(-c4ccccc4)c32)C=CCC1)c1cccc2ccccc12. The van der Waals surface area contributed by atoms with Crippen LogP contribution in [0.15, 0.2) is 157 Å². The molecule has 2 aliphatic rings. The van der Waals surface area contributed by atoms with E-state index in [9.17, 15) is 0 Å². The lowest BCUT2D eigenvalue weighted by molar-refractivity contribution is 1.00. The minimum atomic E-state index is 0.245. The van der Waals surface area contributed by atoms with Crippen LogP contribution in [0.25, 0.3) is 66.2 Å². The minimum Gasteiger partial charge on any atom is -0.369 e. The van der Waals surface area contributed by atoms with E-state index in [2.05, 4.69) is 151 Å². The Morgan fingerprint density at radius 3 is 2.19 bits per heavy atom. The highest BCUT2D eigenvalue weighted by atomic mass is 15.3. The Kier molecular flexibility index (Phi) is 8.05. The summed E-state index contributed by atoms with van der Waals surface area (Å²) in [7, 11) is 0. The predicted octanol–water partition coefficient (Wildman–Crippen LogP) is 12.2. The zero-order valence-electron chi connectivity index (χ0n) is 28.9. The normalized spacial score (nSPS) is 14.1. The van der Waals surface area contributed by atoms with Gasteiger partial charge in [0.1, 0.15) is 6.34 Å². The number of hydrogen-bond donors (Lipinski definition) is 2. The summed E-state index contributed by atoms with van der Waals surface area (Å²) in [5, 5.41) is 15.0. The van der Waals surface area contributed by atoms with Crippen molar-refractivity contribution in [1.29, 1.82) is 5.41 Å². The van der Waals surface area contributed by atoms with Crippen LogP contribution < -0.4 is 10.6 Å². The predicted molar refractivity (Wildman–Crippen MR) is 223 cm³/mol. The van der Waals surface area contributed by atoms with E-state index < -0.39 is 0 Å². The summed E-state index contributed by atoms with van der Waals surface area (Å²) in [5.41, 5.74) is 18.6. The van der Waals surface area contributed by atoms with Gasteiger partial charge in [0.05, 0.1) is 5.69 Å². The van der Waals surface area contributed by atoms with Crippen LogP contribution in [-0.4, -0.2) is 12.3 Å². The summed E-state index contributed by atoms with van der Waals surface area (Å²) in [6.45, 7) is 0. The third-order valence-corrected chi connectivity index (χ3v) is 10.5. The van der Waals surface area contributed by atoms with E-state index in [0.717, 1.165) is 54.2 Å². The van der Waals surface area contributed by atoms with E-state index in [1.54, 1.807) is 0 Å². The van der Waals surface area contributed by atoms with Gasteiger partial charge >= 0.3 is 0 Å². The Balaban J connectivity index is 1.44. The second-order valence-corrected chi connectivity index (χ2v) is 13.5. The van der Waals surface area contributed by atoms with Crippen LogP contribution in [0.5, 0.6) is 0 Å². The molecule has 52 heavy (non-hydrogen) atoms. The zero-order chi connectivity index (χ0) is 35.0. The van der Waals surface area contributed by atoms with Crippen LogP contribution in [0.3, 0.4) is 0 Å². The molecule has 0 bridgehead atoms. The Morgan fingerprint density at radius 2 is 1.40 bits per heavy atom. The average molecular weight is 671 g/mol. The topological polar surface area (TPSA) is 65.5 Å². The van der Waals surface area contributed by atoms with Crippen LogP contribution in [0.1, 0.15) is 36.0 Å². The van der Waals surface area contributed by atoms with Gasteiger partial charge in [-0.2, -0.15) is 0 Å². The minimum absolute atomic E-state index is 0.245. The number of anilines is 2. The summed E-state index contributed by atoms with van der Waals surface area (Å²) < 4.78 is 0. The summed E-state index contributed by atoms with van der Waals surface area (Å²) >= 11 is 0. The summed E-state index contributed by atoms with van der Waals surface area (Å²) in [4.78, 5) is 6.29. The number of rotatable bonds is 6. The number of aryl methyl sites for hydroxylation is 1. The molecule has 2 aliphatic carbocycles. The fourth-order valence-electron chi connectivity index (χ4n) is 8.26. The molecule has 4 nitrogen and oxygen atoms in total. The standard InChI is InChI=1S/C48H38N4/c49-31-51-48(50)52(44-26-14-22-32-19-10-11-23-37(32)44)36-27-28-40-43(29-36)38-24-12-13-25-39(38)46-42(34-17-6-2-7-18-34)30-41(33-15-4-1-5-16-33)45(47(40)46)35-20-8-3-9-21-35/h2-4,6-11,13-23,25-31H,1,5,12,24H2,(H3,49,50,51). The number of hydrogen-bond acceptors (Lipinski definition) is 1. The van der Waals surface area contributed by atoms with Crippen molar-refractivity contribution < 1.29 is 0 Å². The molecule has 9 rings (SSSR count). The fraction of sp³-hybridized carbons (Fsp3) is 0.0833. The first kappa shape index (κ1) is 31.5. The Hall–Kier alpha value is -6.52. The van der Waals surface area contributed by atoms with Crippen LogP contribution >= 0.6 is 0 Å². The molecule has 7 aromatic carbocycles. The van der Waals surface area contributed by atoms with Gasteiger partial charge in [-0.05, 0) is 121 Å². The third kappa shape index (κ3) is 5.32.